The number of ether oxygens (including phenoxy) is 1. The first-order valence-electron chi connectivity index (χ1n) is 7.48. The van der Waals surface area contributed by atoms with Crippen molar-refractivity contribution in [3.63, 3.8) is 0 Å². The monoisotopic (exact) mass is 339 g/mol. The molecule has 2 unspecified atom stereocenters. The lowest BCUT2D eigenvalue weighted by Gasteiger charge is -2.35. The lowest BCUT2D eigenvalue weighted by Crippen LogP contribution is -2.43. The van der Waals surface area contributed by atoms with Gasteiger partial charge in [0.05, 0.1) is 5.41 Å². The van der Waals surface area contributed by atoms with Crippen LogP contribution in [0.1, 0.15) is 38.5 Å². The summed E-state index contributed by atoms with van der Waals surface area (Å²) in [7, 11) is 0. The molecule has 2 atom stereocenters. The number of rotatable bonds is 3. The third-order valence-electron chi connectivity index (χ3n) is 4.67. The second-order valence-electron chi connectivity index (χ2n) is 6.14. The van der Waals surface area contributed by atoms with Crippen molar-refractivity contribution in [3.8, 4) is 0 Å². The highest BCUT2D eigenvalue weighted by atomic mass is 32.1. The van der Waals surface area contributed by atoms with Crippen molar-refractivity contribution < 1.29 is 27.5 Å². The summed E-state index contributed by atoms with van der Waals surface area (Å²) >= 11 is 4.40. The largest absolute Gasteiger partial charge is 0.491 e. The van der Waals surface area contributed by atoms with Gasteiger partial charge in [0.25, 0.3) is 0 Å². The molecule has 1 saturated carbocycles. The van der Waals surface area contributed by atoms with E-state index in [0.717, 1.165) is 25.9 Å². The maximum Gasteiger partial charge on any atom is 0.491 e. The van der Waals surface area contributed by atoms with Gasteiger partial charge in [-0.1, -0.05) is 6.42 Å². The van der Waals surface area contributed by atoms with E-state index < -0.39 is 23.5 Å². The molecular weight excluding hydrogens is 319 g/mol. The highest BCUT2D eigenvalue weighted by molar-refractivity contribution is 7.81. The number of halogens is 3. The number of thiol groups is 1. The van der Waals surface area contributed by atoms with Crippen LogP contribution in [0, 0.1) is 11.3 Å². The van der Waals surface area contributed by atoms with E-state index in [9.17, 15) is 22.8 Å². The standard InChI is InChI=1S/C14H20F3NO3S/c15-14(16,17)12(20)21-11(19)13(5-1-2-10(13)22)8-9-3-6-18-7-4-9/h9-10,18,22H,1-8H2. The van der Waals surface area contributed by atoms with Gasteiger partial charge in [-0.2, -0.15) is 25.8 Å². The molecule has 0 bridgehead atoms. The van der Waals surface area contributed by atoms with Crippen molar-refractivity contribution in [2.45, 2.75) is 50.0 Å². The summed E-state index contributed by atoms with van der Waals surface area (Å²) in [4.78, 5) is 23.3. The molecule has 2 fully saturated rings. The van der Waals surface area contributed by atoms with Crippen molar-refractivity contribution in [3.05, 3.63) is 0 Å². The zero-order valence-corrected chi connectivity index (χ0v) is 13.0. The van der Waals surface area contributed by atoms with E-state index in [0.29, 0.717) is 25.7 Å². The van der Waals surface area contributed by atoms with Crippen LogP contribution in [-0.4, -0.2) is 36.5 Å². The lowest BCUT2D eigenvalue weighted by molar-refractivity contribution is -0.205. The SMILES string of the molecule is O=C(OC(=O)C1(CC2CCNCC2)CCCC1S)C(F)(F)F. The minimum Gasteiger partial charge on any atom is -0.386 e. The van der Waals surface area contributed by atoms with Crippen molar-refractivity contribution in [2.24, 2.45) is 11.3 Å². The summed E-state index contributed by atoms with van der Waals surface area (Å²) in [5, 5.41) is 2.84. The molecule has 0 aromatic carbocycles. The molecule has 1 aliphatic carbocycles. The van der Waals surface area contributed by atoms with E-state index in [-0.39, 0.29) is 11.2 Å². The van der Waals surface area contributed by atoms with Crippen molar-refractivity contribution in [2.75, 3.05) is 13.1 Å². The lowest BCUT2D eigenvalue weighted by atomic mass is 9.75. The molecule has 0 amide bonds. The van der Waals surface area contributed by atoms with Gasteiger partial charge in [-0.25, -0.2) is 4.79 Å². The topological polar surface area (TPSA) is 55.4 Å². The Morgan fingerprint density at radius 3 is 2.36 bits per heavy atom. The Hall–Kier alpha value is -0.760. The van der Waals surface area contributed by atoms with Crippen LogP contribution in [0.3, 0.4) is 0 Å². The third-order valence-corrected chi connectivity index (χ3v) is 5.43. The maximum atomic E-state index is 12.3. The normalized spacial score (nSPS) is 30.3. The first-order valence-corrected chi connectivity index (χ1v) is 7.99. The molecule has 1 heterocycles. The van der Waals surface area contributed by atoms with Gasteiger partial charge in [-0.05, 0) is 51.1 Å². The number of alkyl halides is 3. The van der Waals surface area contributed by atoms with Crippen LogP contribution in [0.2, 0.25) is 0 Å². The van der Waals surface area contributed by atoms with Crippen molar-refractivity contribution in [1.82, 2.24) is 5.32 Å². The van der Waals surface area contributed by atoms with Gasteiger partial charge >= 0.3 is 18.1 Å². The summed E-state index contributed by atoms with van der Waals surface area (Å²) in [6.45, 7) is 1.66. The predicted molar refractivity (Wildman–Crippen MR) is 76.4 cm³/mol. The van der Waals surface area contributed by atoms with E-state index >= 15 is 0 Å². The Kier molecular flexibility index (Phi) is 5.42. The summed E-state index contributed by atoms with van der Waals surface area (Å²) < 4.78 is 41.1. The Morgan fingerprint density at radius 2 is 1.86 bits per heavy atom. The van der Waals surface area contributed by atoms with Gasteiger partial charge in [0.2, 0.25) is 0 Å². The number of esters is 2. The number of hydrogen-bond acceptors (Lipinski definition) is 5. The van der Waals surface area contributed by atoms with Crippen LogP contribution in [0.5, 0.6) is 0 Å². The van der Waals surface area contributed by atoms with E-state index in [2.05, 4.69) is 22.7 Å². The van der Waals surface area contributed by atoms with E-state index in [1.54, 1.807) is 0 Å². The van der Waals surface area contributed by atoms with Crippen LogP contribution in [0.4, 0.5) is 13.2 Å². The molecule has 2 rings (SSSR count). The van der Waals surface area contributed by atoms with Crippen LogP contribution >= 0.6 is 12.6 Å². The van der Waals surface area contributed by atoms with Gasteiger partial charge in [-0.3, -0.25) is 4.79 Å². The first kappa shape index (κ1) is 17.6. The van der Waals surface area contributed by atoms with Gasteiger partial charge in [0, 0.05) is 5.25 Å². The van der Waals surface area contributed by atoms with Crippen molar-refractivity contribution >= 4 is 24.6 Å². The second kappa shape index (κ2) is 6.78. The maximum absolute atomic E-state index is 12.3. The van der Waals surface area contributed by atoms with Gasteiger partial charge in [0.15, 0.2) is 0 Å². The zero-order chi connectivity index (χ0) is 16.4. The summed E-state index contributed by atoms with van der Waals surface area (Å²) in [5.74, 6) is -3.26. The molecule has 8 heteroatoms. The predicted octanol–water partition coefficient (Wildman–Crippen LogP) is 2.48. The summed E-state index contributed by atoms with van der Waals surface area (Å²) in [5.41, 5.74) is -1.08. The highest BCUT2D eigenvalue weighted by Crippen LogP contribution is 2.48. The van der Waals surface area contributed by atoms with Gasteiger partial charge in [-0.15, -0.1) is 0 Å². The summed E-state index contributed by atoms with van der Waals surface area (Å²) in [6, 6.07) is 0. The Bertz CT molecular complexity index is 438. The molecule has 2 aliphatic rings. The minimum absolute atomic E-state index is 0.238. The van der Waals surface area contributed by atoms with Crippen LogP contribution < -0.4 is 5.32 Å². The Balaban J connectivity index is 2.11. The quantitative estimate of drug-likeness (QED) is 0.471. The van der Waals surface area contributed by atoms with E-state index in [1.807, 2.05) is 0 Å². The highest BCUT2D eigenvalue weighted by Gasteiger charge is 2.53. The molecule has 1 aliphatic heterocycles. The average Bonchev–Trinajstić information content (AvgIpc) is 2.81. The van der Waals surface area contributed by atoms with E-state index in [1.165, 1.54) is 0 Å². The van der Waals surface area contributed by atoms with Gasteiger partial charge < -0.3 is 10.1 Å². The molecule has 1 saturated heterocycles. The number of hydrogen-bond donors (Lipinski definition) is 2. The number of carbonyl (C=O) groups is 2. The van der Waals surface area contributed by atoms with Gasteiger partial charge in [0.1, 0.15) is 0 Å². The van der Waals surface area contributed by atoms with E-state index in [4.69, 9.17) is 0 Å². The van der Waals surface area contributed by atoms with Crippen molar-refractivity contribution in [1.29, 1.82) is 0 Å². The van der Waals surface area contributed by atoms with Crippen LogP contribution in [-0.2, 0) is 14.3 Å². The molecule has 0 aromatic heterocycles. The Morgan fingerprint density at radius 1 is 1.23 bits per heavy atom. The third kappa shape index (κ3) is 3.76. The number of carbonyl (C=O) groups excluding carboxylic acids is 2. The number of nitrogens with one attached hydrogen (secondary N) is 1. The minimum atomic E-state index is -5.16. The Labute approximate surface area is 132 Å². The summed E-state index contributed by atoms with van der Waals surface area (Å²) in [6.07, 6.45) is -1.22. The zero-order valence-electron chi connectivity index (χ0n) is 12.1. The fraction of sp³-hybridized carbons (Fsp3) is 0.857. The fourth-order valence-electron chi connectivity index (χ4n) is 3.46. The molecular formula is C14H20F3NO3S. The van der Waals surface area contributed by atoms with Crippen LogP contribution in [0.15, 0.2) is 0 Å². The molecule has 4 nitrogen and oxygen atoms in total. The molecule has 0 radical (unpaired) electrons. The smallest absolute Gasteiger partial charge is 0.386 e. The van der Waals surface area contributed by atoms with Crippen LogP contribution in [0.25, 0.3) is 0 Å². The molecule has 22 heavy (non-hydrogen) atoms. The molecule has 0 aromatic rings. The molecule has 0 spiro atoms. The molecule has 126 valence electrons. The second-order valence-corrected chi connectivity index (χ2v) is 6.76. The fourth-order valence-corrected chi connectivity index (χ4v) is 3.98. The average molecular weight is 339 g/mol. The first-order chi connectivity index (χ1) is 10.3. The number of piperidine rings is 1. The molecule has 1 N–H and O–H groups in total.